The van der Waals surface area contributed by atoms with E-state index in [4.69, 9.17) is 4.74 Å². The predicted molar refractivity (Wildman–Crippen MR) is 134 cm³/mol. The fraction of sp³-hybridized carbons (Fsp3) is 0.478. The van der Waals surface area contributed by atoms with Crippen molar-refractivity contribution in [1.82, 2.24) is 19.3 Å². The van der Waals surface area contributed by atoms with Crippen molar-refractivity contribution in [2.75, 3.05) is 31.4 Å². The second-order valence-corrected chi connectivity index (χ2v) is 11.2. The van der Waals surface area contributed by atoms with Crippen LogP contribution in [0.3, 0.4) is 0 Å². The number of methoxy groups -OCH3 is 1. The van der Waals surface area contributed by atoms with E-state index in [-0.39, 0.29) is 42.4 Å². The van der Waals surface area contributed by atoms with Gasteiger partial charge in [0.1, 0.15) is 24.0 Å². The van der Waals surface area contributed by atoms with Crippen molar-refractivity contribution in [3.63, 3.8) is 0 Å². The first-order valence-corrected chi connectivity index (χ1v) is 13.5. The number of benzene rings is 1. The molecule has 1 aromatic carbocycles. The Morgan fingerprint density at radius 2 is 2.11 bits per heavy atom. The van der Waals surface area contributed by atoms with E-state index in [9.17, 15) is 33.7 Å². The fourth-order valence-corrected chi connectivity index (χ4v) is 6.41. The van der Waals surface area contributed by atoms with Crippen LogP contribution in [0, 0.1) is 17.1 Å². The third kappa shape index (κ3) is 6.72. The second kappa shape index (κ2) is 11.8. The summed E-state index contributed by atoms with van der Waals surface area (Å²) in [7, 11) is -0.779. The molecule has 200 valence electrons. The summed E-state index contributed by atoms with van der Waals surface area (Å²) in [5, 5.41) is 24.3. The smallest absolute Gasteiger partial charge is 0.332 e. The van der Waals surface area contributed by atoms with Gasteiger partial charge in [-0.2, -0.15) is 5.26 Å². The minimum atomic E-state index is -3.47. The Bertz CT molecular complexity index is 1370. The molecule has 1 aromatic heterocycles. The van der Waals surface area contributed by atoms with Crippen LogP contribution < -0.4 is 26.3 Å². The van der Waals surface area contributed by atoms with Gasteiger partial charge in [0, 0.05) is 39.4 Å². The number of nitriles is 1. The molecular weight excluding hydrogens is 506 g/mol. The van der Waals surface area contributed by atoms with Crippen LogP contribution in [-0.2, 0) is 27.7 Å². The van der Waals surface area contributed by atoms with Crippen molar-refractivity contribution in [1.29, 1.82) is 5.26 Å². The lowest BCUT2D eigenvalue weighted by atomic mass is 10.1. The standard InChI is InChI=1S/C23H30FN6O6P/c1-15(22(32)33)26-37(35,14-36-3)27-19-5-4-8-29(13-19)20-10-21(31)28(2)23(34)30(20)12-17-9-18(24)7-6-16(17)11-25/h6-7,9-10,15,19H,4-5,8,12-14H2,1-3H3,(H,32,33)(H2,26,27,35)/t15?,19-,37?/m1/s1. The molecule has 3 atom stereocenters. The highest BCUT2D eigenvalue weighted by Gasteiger charge is 2.32. The molecule has 0 aliphatic carbocycles. The Morgan fingerprint density at radius 3 is 2.76 bits per heavy atom. The maximum Gasteiger partial charge on any atom is 0.332 e. The van der Waals surface area contributed by atoms with Gasteiger partial charge < -0.3 is 14.7 Å². The lowest BCUT2D eigenvalue weighted by Gasteiger charge is -2.37. The maximum absolute atomic E-state index is 13.9. The van der Waals surface area contributed by atoms with Crippen LogP contribution in [0.4, 0.5) is 10.2 Å². The average Bonchev–Trinajstić information content (AvgIpc) is 2.84. The maximum atomic E-state index is 13.9. The SMILES string of the molecule is COCP(=O)(NC(C)C(=O)O)N[C@@H]1CCCN(c2cc(=O)n(C)c(=O)n2Cc2cc(F)ccc2C#N)C1. The van der Waals surface area contributed by atoms with Crippen LogP contribution >= 0.6 is 7.44 Å². The van der Waals surface area contributed by atoms with E-state index in [1.165, 1.54) is 43.8 Å². The van der Waals surface area contributed by atoms with E-state index in [0.717, 1.165) is 10.6 Å². The topological polar surface area (TPSA) is 159 Å². The van der Waals surface area contributed by atoms with Crippen LogP contribution in [-0.4, -0.2) is 58.8 Å². The summed E-state index contributed by atoms with van der Waals surface area (Å²) in [4.78, 5) is 38.7. The van der Waals surface area contributed by atoms with Gasteiger partial charge in [-0.1, -0.05) is 0 Å². The van der Waals surface area contributed by atoms with E-state index < -0.39 is 36.5 Å². The summed E-state index contributed by atoms with van der Waals surface area (Å²) in [6, 6.07) is 5.48. The number of carbonyl (C=O) groups is 1. The number of nitrogens with zero attached hydrogens (tertiary/aromatic N) is 4. The molecule has 12 nitrogen and oxygen atoms in total. The molecule has 3 N–H and O–H groups in total. The Labute approximate surface area is 212 Å². The van der Waals surface area contributed by atoms with Gasteiger partial charge in [-0.05, 0) is 43.5 Å². The fourth-order valence-electron chi connectivity index (χ4n) is 4.29. The minimum Gasteiger partial charge on any atom is -0.480 e. The van der Waals surface area contributed by atoms with E-state index in [1.54, 1.807) is 4.90 Å². The number of hydrogen-bond donors (Lipinski definition) is 3. The number of carboxylic acid groups (broad SMARTS) is 1. The van der Waals surface area contributed by atoms with Crippen LogP contribution in [0.2, 0.25) is 0 Å². The summed E-state index contributed by atoms with van der Waals surface area (Å²) in [5.74, 6) is -1.45. The lowest BCUT2D eigenvalue weighted by Crippen LogP contribution is -2.50. The first-order chi connectivity index (χ1) is 17.5. The van der Waals surface area contributed by atoms with E-state index in [1.807, 2.05) is 6.07 Å². The molecule has 2 aromatic rings. The summed E-state index contributed by atoms with van der Waals surface area (Å²) in [6.07, 6.45) is 0.977. The molecule has 0 bridgehead atoms. The number of aromatic nitrogens is 2. The van der Waals surface area contributed by atoms with Crippen LogP contribution in [0.25, 0.3) is 0 Å². The number of halogens is 1. The number of nitrogens with one attached hydrogen (secondary N) is 2. The summed E-state index contributed by atoms with van der Waals surface area (Å²) in [5.41, 5.74) is -0.682. The zero-order valence-electron chi connectivity index (χ0n) is 20.8. The number of ether oxygens (including phenoxy) is 1. The molecule has 37 heavy (non-hydrogen) atoms. The van der Waals surface area contributed by atoms with Gasteiger partial charge in [-0.25, -0.2) is 19.4 Å². The molecule has 1 aliphatic heterocycles. The van der Waals surface area contributed by atoms with Gasteiger partial charge in [-0.15, -0.1) is 0 Å². The van der Waals surface area contributed by atoms with Gasteiger partial charge >= 0.3 is 11.7 Å². The van der Waals surface area contributed by atoms with E-state index in [0.29, 0.717) is 19.4 Å². The van der Waals surface area contributed by atoms with Crippen molar-refractivity contribution in [2.24, 2.45) is 7.05 Å². The molecule has 0 amide bonds. The number of aliphatic carboxylic acids is 1. The van der Waals surface area contributed by atoms with Gasteiger partial charge in [0.15, 0.2) is 0 Å². The van der Waals surface area contributed by atoms with Crippen molar-refractivity contribution in [2.45, 2.75) is 38.4 Å². The van der Waals surface area contributed by atoms with Crippen molar-refractivity contribution in [3.05, 3.63) is 62.0 Å². The molecule has 3 rings (SSSR count). The predicted octanol–water partition coefficient (Wildman–Crippen LogP) is 1.02. The molecule has 1 saturated heterocycles. The second-order valence-electron chi connectivity index (χ2n) is 8.94. The molecule has 1 fully saturated rings. The molecule has 2 unspecified atom stereocenters. The Hall–Kier alpha value is -3.30. The van der Waals surface area contributed by atoms with Crippen molar-refractivity contribution >= 4 is 19.2 Å². The van der Waals surface area contributed by atoms with E-state index in [2.05, 4.69) is 10.2 Å². The molecule has 0 spiro atoms. The Kier molecular flexibility index (Phi) is 9.04. The van der Waals surface area contributed by atoms with Gasteiger partial charge in [-0.3, -0.25) is 23.3 Å². The van der Waals surface area contributed by atoms with Gasteiger partial charge in [0.05, 0.1) is 18.2 Å². The van der Waals surface area contributed by atoms with Crippen LogP contribution in [0.5, 0.6) is 0 Å². The van der Waals surface area contributed by atoms with Crippen molar-refractivity contribution < 1.29 is 23.6 Å². The minimum absolute atomic E-state index is 0.141. The van der Waals surface area contributed by atoms with Crippen LogP contribution in [0.1, 0.15) is 30.9 Å². The zero-order chi connectivity index (χ0) is 27.3. The molecule has 2 heterocycles. The third-order valence-electron chi connectivity index (χ3n) is 6.11. The Morgan fingerprint density at radius 1 is 1.38 bits per heavy atom. The van der Waals surface area contributed by atoms with Crippen molar-refractivity contribution in [3.8, 4) is 6.07 Å². The number of piperidine rings is 1. The highest BCUT2D eigenvalue weighted by atomic mass is 31.2. The normalized spacial score (nSPS) is 18.1. The van der Waals surface area contributed by atoms with Crippen LogP contribution in [0.15, 0.2) is 33.9 Å². The highest BCUT2D eigenvalue weighted by Crippen LogP contribution is 2.38. The highest BCUT2D eigenvalue weighted by molar-refractivity contribution is 7.59. The number of hydrogen-bond acceptors (Lipinski definition) is 7. The van der Waals surface area contributed by atoms with E-state index >= 15 is 0 Å². The zero-order valence-corrected chi connectivity index (χ0v) is 21.7. The summed E-state index contributed by atoms with van der Waals surface area (Å²) < 4.78 is 34.6. The number of rotatable bonds is 10. The summed E-state index contributed by atoms with van der Waals surface area (Å²) in [6.45, 7) is 1.96. The summed E-state index contributed by atoms with van der Waals surface area (Å²) >= 11 is 0. The van der Waals surface area contributed by atoms with Gasteiger partial charge in [0.2, 0.25) is 7.44 Å². The number of anilines is 1. The number of carboxylic acids is 1. The third-order valence-corrected chi connectivity index (χ3v) is 8.32. The quantitative estimate of drug-likeness (QED) is 0.374. The first kappa shape index (κ1) is 28.3. The lowest BCUT2D eigenvalue weighted by molar-refractivity contribution is -0.138. The molecule has 1 aliphatic rings. The Balaban J connectivity index is 1.95. The first-order valence-electron chi connectivity index (χ1n) is 11.6. The largest absolute Gasteiger partial charge is 0.480 e. The molecule has 14 heteroatoms. The monoisotopic (exact) mass is 536 g/mol. The van der Waals surface area contributed by atoms with Gasteiger partial charge in [0.25, 0.3) is 5.56 Å². The average molecular weight is 537 g/mol. The molecule has 0 saturated carbocycles. The molecule has 0 radical (unpaired) electrons. The molecular formula is C23H30FN6O6P.